The topological polar surface area (TPSA) is 56.5 Å². The number of nitrogens with zero attached hydrogens (tertiary/aromatic N) is 3. The van der Waals surface area contributed by atoms with Crippen LogP contribution in [0.15, 0.2) is 29.1 Å². The third-order valence-corrected chi connectivity index (χ3v) is 4.85. The maximum Gasteiger partial charge on any atom is 0.329 e. The number of para-hydroxylation sites is 2. The van der Waals surface area contributed by atoms with Crippen molar-refractivity contribution < 1.29 is 9.53 Å². The van der Waals surface area contributed by atoms with Crippen molar-refractivity contribution >= 4 is 16.9 Å². The van der Waals surface area contributed by atoms with Gasteiger partial charge in [0.1, 0.15) is 0 Å². The summed E-state index contributed by atoms with van der Waals surface area (Å²) < 4.78 is 9.13. The first-order chi connectivity index (χ1) is 12.0. The molecule has 0 aliphatic carbocycles. The van der Waals surface area contributed by atoms with E-state index >= 15 is 0 Å². The molecule has 1 saturated heterocycles. The van der Waals surface area contributed by atoms with Gasteiger partial charge in [0.25, 0.3) is 0 Å². The zero-order valence-corrected chi connectivity index (χ0v) is 15.3. The van der Waals surface area contributed by atoms with E-state index in [0.29, 0.717) is 32.7 Å². The van der Waals surface area contributed by atoms with Crippen molar-refractivity contribution in [1.82, 2.24) is 14.0 Å². The summed E-state index contributed by atoms with van der Waals surface area (Å²) in [6, 6.07) is 7.88. The van der Waals surface area contributed by atoms with E-state index in [1.165, 1.54) is 0 Å². The minimum atomic E-state index is -0.0285. The Morgan fingerprint density at radius 1 is 1.16 bits per heavy atom. The molecule has 0 N–H and O–H groups in total. The zero-order valence-electron chi connectivity index (χ0n) is 15.3. The molecule has 1 fully saturated rings. The van der Waals surface area contributed by atoms with E-state index in [0.717, 1.165) is 17.5 Å². The Bertz CT molecular complexity index is 808. The van der Waals surface area contributed by atoms with Crippen molar-refractivity contribution in [3.63, 3.8) is 0 Å². The van der Waals surface area contributed by atoms with E-state index in [2.05, 4.69) is 6.92 Å². The third-order valence-electron chi connectivity index (χ3n) is 4.85. The van der Waals surface area contributed by atoms with Gasteiger partial charge in [-0.05, 0) is 32.4 Å². The molecular weight excluding hydrogens is 318 g/mol. The van der Waals surface area contributed by atoms with E-state index in [4.69, 9.17) is 4.74 Å². The number of imidazole rings is 1. The van der Waals surface area contributed by atoms with Gasteiger partial charge in [-0.1, -0.05) is 19.1 Å². The second-order valence-electron chi connectivity index (χ2n) is 6.86. The zero-order chi connectivity index (χ0) is 18.0. The lowest BCUT2D eigenvalue weighted by atomic mass is 10.2. The predicted molar refractivity (Wildman–Crippen MR) is 97.7 cm³/mol. The molecule has 2 aromatic rings. The molecule has 0 saturated carbocycles. The number of benzene rings is 1. The first-order valence-corrected chi connectivity index (χ1v) is 9.12. The van der Waals surface area contributed by atoms with Crippen LogP contribution in [-0.2, 0) is 22.6 Å². The van der Waals surface area contributed by atoms with Crippen LogP contribution in [0.2, 0.25) is 0 Å². The van der Waals surface area contributed by atoms with Gasteiger partial charge in [-0.15, -0.1) is 0 Å². The Hall–Kier alpha value is -2.08. The third kappa shape index (κ3) is 3.49. The number of amides is 1. The maximum atomic E-state index is 12.8. The fourth-order valence-electron chi connectivity index (χ4n) is 3.53. The summed E-state index contributed by atoms with van der Waals surface area (Å²) >= 11 is 0. The van der Waals surface area contributed by atoms with Crippen LogP contribution in [0.5, 0.6) is 0 Å². The molecule has 25 heavy (non-hydrogen) atoms. The van der Waals surface area contributed by atoms with Crippen LogP contribution in [0.4, 0.5) is 0 Å². The summed E-state index contributed by atoms with van der Waals surface area (Å²) in [6.45, 7) is 8.34. The van der Waals surface area contributed by atoms with Crippen LogP contribution >= 0.6 is 0 Å². The number of carbonyl (C=O) groups excluding carboxylic acids is 1. The largest absolute Gasteiger partial charge is 0.375 e. The van der Waals surface area contributed by atoms with E-state index in [1.807, 2.05) is 43.0 Å². The molecule has 0 spiro atoms. The van der Waals surface area contributed by atoms with Gasteiger partial charge in [0.15, 0.2) is 0 Å². The number of hydrogen-bond acceptors (Lipinski definition) is 3. The highest BCUT2D eigenvalue weighted by Gasteiger charge is 2.27. The molecule has 1 aromatic heterocycles. The summed E-state index contributed by atoms with van der Waals surface area (Å²) in [5.74, 6) is 0.0851. The Kier molecular flexibility index (Phi) is 5.27. The molecule has 1 aliphatic rings. The van der Waals surface area contributed by atoms with E-state index in [9.17, 15) is 9.59 Å². The van der Waals surface area contributed by atoms with Gasteiger partial charge in [-0.2, -0.15) is 0 Å². The lowest BCUT2D eigenvalue weighted by molar-refractivity contribution is -0.143. The van der Waals surface area contributed by atoms with Gasteiger partial charge in [-0.25, -0.2) is 4.79 Å². The number of carbonyl (C=O) groups is 1. The standard InChI is InChI=1S/C19H27N3O3/c1-4-10-20-16-7-5-6-8-17(16)21(19(20)24)11-9-18(23)22-12-15(3)25-13-14(22)2/h5-8,14-15H,4,9-13H2,1-3H3. The molecule has 2 unspecified atom stereocenters. The van der Waals surface area contributed by atoms with Crippen molar-refractivity contribution in [2.75, 3.05) is 13.2 Å². The van der Waals surface area contributed by atoms with Gasteiger partial charge >= 0.3 is 5.69 Å². The van der Waals surface area contributed by atoms with Crippen LogP contribution in [0.1, 0.15) is 33.6 Å². The van der Waals surface area contributed by atoms with Crippen molar-refractivity contribution in [1.29, 1.82) is 0 Å². The lowest BCUT2D eigenvalue weighted by Crippen LogP contribution is -2.50. The van der Waals surface area contributed by atoms with Gasteiger partial charge in [0.05, 0.1) is 29.8 Å². The number of rotatable bonds is 5. The molecule has 1 aromatic carbocycles. The SMILES string of the molecule is CCCn1c(=O)n(CCC(=O)N2CC(C)OCC2C)c2ccccc21. The first kappa shape index (κ1) is 17.7. The smallest absolute Gasteiger partial charge is 0.329 e. The van der Waals surface area contributed by atoms with Crippen molar-refractivity contribution in [3.05, 3.63) is 34.7 Å². The lowest BCUT2D eigenvalue weighted by Gasteiger charge is -2.36. The molecule has 3 rings (SSSR count). The normalized spacial score (nSPS) is 21.0. The highest BCUT2D eigenvalue weighted by molar-refractivity contribution is 5.78. The summed E-state index contributed by atoms with van der Waals surface area (Å²) in [7, 11) is 0. The average Bonchev–Trinajstić information content (AvgIpc) is 2.87. The Labute approximate surface area is 148 Å². The van der Waals surface area contributed by atoms with Crippen LogP contribution < -0.4 is 5.69 Å². The average molecular weight is 345 g/mol. The number of hydrogen-bond donors (Lipinski definition) is 0. The highest BCUT2D eigenvalue weighted by atomic mass is 16.5. The second-order valence-corrected chi connectivity index (χ2v) is 6.86. The van der Waals surface area contributed by atoms with Gasteiger partial charge in [0, 0.05) is 26.1 Å². The molecule has 1 aliphatic heterocycles. The van der Waals surface area contributed by atoms with Crippen LogP contribution in [0.3, 0.4) is 0 Å². The van der Waals surface area contributed by atoms with Crippen molar-refractivity contribution in [3.8, 4) is 0 Å². The minimum absolute atomic E-state index is 0.0285. The molecule has 136 valence electrons. The van der Waals surface area contributed by atoms with E-state index < -0.39 is 0 Å². The Morgan fingerprint density at radius 2 is 1.80 bits per heavy atom. The molecule has 6 nitrogen and oxygen atoms in total. The Balaban J connectivity index is 1.80. The number of fused-ring (bicyclic) bond motifs is 1. The van der Waals surface area contributed by atoms with Crippen molar-refractivity contribution in [2.45, 2.75) is 58.8 Å². The number of morpholine rings is 1. The predicted octanol–water partition coefficient (Wildman–Crippen LogP) is 2.24. The van der Waals surface area contributed by atoms with Crippen LogP contribution in [0, 0.1) is 0 Å². The summed E-state index contributed by atoms with van der Waals surface area (Å²) in [6.07, 6.45) is 1.29. The quantitative estimate of drug-likeness (QED) is 0.835. The van der Waals surface area contributed by atoms with Gasteiger partial charge in [-0.3, -0.25) is 13.9 Å². The van der Waals surface area contributed by atoms with E-state index in [1.54, 1.807) is 9.13 Å². The highest BCUT2D eigenvalue weighted by Crippen LogP contribution is 2.16. The molecular formula is C19H27N3O3. The van der Waals surface area contributed by atoms with Gasteiger partial charge < -0.3 is 9.64 Å². The Morgan fingerprint density at radius 3 is 2.44 bits per heavy atom. The maximum absolute atomic E-state index is 12.8. The molecule has 1 amide bonds. The summed E-state index contributed by atoms with van der Waals surface area (Å²) in [5.41, 5.74) is 1.81. The number of ether oxygens (including phenoxy) is 1. The van der Waals surface area contributed by atoms with Crippen molar-refractivity contribution in [2.24, 2.45) is 0 Å². The first-order valence-electron chi connectivity index (χ1n) is 9.12. The van der Waals surface area contributed by atoms with Crippen LogP contribution in [0.25, 0.3) is 11.0 Å². The monoisotopic (exact) mass is 345 g/mol. The van der Waals surface area contributed by atoms with Crippen LogP contribution in [-0.4, -0.2) is 45.2 Å². The molecule has 0 bridgehead atoms. The fraction of sp³-hybridized carbons (Fsp3) is 0.579. The fourth-order valence-corrected chi connectivity index (χ4v) is 3.53. The number of aryl methyl sites for hydroxylation is 2. The summed E-state index contributed by atoms with van der Waals surface area (Å²) in [5, 5.41) is 0. The molecule has 6 heteroatoms. The second kappa shape index (κ2) is 7.44. The summed E-state index contributed by atoms with van der Waals surface area (Å²) in [4.78, 5) is 27.3. The van der Waals surface area contributed by atoms with Gasteiger partial charge in [0.2, 0.25) is 5.91 Å². The van der Waals surface area contributed by atoms with E-state index in [-0.39, 0.29) is 23.7 Å². The molecule has 2 atom stereocenters. The molecule has 0 radical (unpaired) electrons. The molecule has 2 heterocycles. The minimum Gasteiger partial charge on any atom is -0.375 e. The number of aromatic nitrogens is 2.